The molecule has 44 heavy (non-hydrogen) atoms. The van der Waals surface area contributed by atoms with Crippen LogP contribution in [0.15, 0.2) is 36.4 Å². The maximum absolute atomic E-state index is 13.1. The summed E-state index contributed by atoms with van der Waals surface area (Å²) in [5.74, 6) is -5.92. The van der Waals surface area contributed by atoms with Gasteiger partial charge in [0, 0.05) is 44.8 Å². The van der Waals surface area contributed by atoms with Crippen molar-refractivity contribution in [2.24, 2.45) is 11.8 Å². The maximum atomic E-state index is 13.1. The highest BCUT2D eigenvalue weighted by Crippen LogP contribution is 2.37. The number of methoxy groups -OCH3 is 2. The molecule has 0 aliphatic heterocycles. The molecule has 2 fully saturated rings. The molecule has 0 heterocycles. The third-order valence-electron chi connectivity index (χ3n) is 7.92. The largest absolute Gasteiger partial charge is 0.465 e. The SMILES string of the molecule is COC(=O)c1ccc(NCC2CCC(F)(F)CC2)c(N)c1.COC(=O)c1ccc(NCC2CCC(F)(F)CC2)c([N+](=O)[O-])c1. The summed E-state index contributed by atoms with van der Waals surface area (Å²) in [5, 5.41) is 17.2. The van der Waals surface area contributed by atoms with Crippen molar-refractivity contribution in [1.82, 2.24) is 0 Å². The van der Waals surface area contributed by atoms with Crippen LogP contribution >= 0.6 is 0 Å². The van der Waals surface area contributed by atoms with Crippen LogP contribution in [0.4, 0.5) is 40.3 Å². The quantitative estimate of drug-likeness (QED) is 0.0888. The fourth-order valence-electron chi connectivity index (χ4n) is 5.16. The van der Waals surface area contributed by atoms with Crippen molar-refractivity contribution in [3.05, 3.63) is 57.6 Å². The molecule has 0 amide bonds. The minimum Gasteiger partial charge on any atom is -0.465 e. The van der Waals surface area contributed by atoms with Gasteiger partial charge >= 0.3 is 11.9 Å². The number of carbonyl (C=O) groups is 2. The van der Waals surface area contributed by atoms with Crippen LogP contribution in [0.2, 0.25) is 0 Å². The first-order valence-corrected chi connectivity index (χ1v) is 14.3. The van der Waals surface area contributed by atoms with Gasteiger partial charge in [0.05, 0.1) is 41.6 Å². The lowest BCUT2D eigenvalue weighted by atomic mass is 9.87. The fourth-order valence-corrected chi connectivity index (χ4v) is 5.16. The number of carbonyl (C=O) groups excluding carboxylic acids is 2. The van der Waals surface area contributed by atoms with Crippen molar-refractivity contribution in [2.75, 3.05) is 43.7 Å². The molecule has 10 nitrogen and oxygen atoms in total. The molecule has 0 saturated heterocycles. The number of halogens is 4. The highest BCUT2D eigenvalue weighted by molar-refractivity contribution is 5.92. The summed E-state index contributed by atoms with van der Waals surface area (Å²) in [5.41, 5.74) is 7.53. The number of hydrogen-bond acceptors (Lipinski definition) is 9. The van der Waals surface area contributed by atoms with E-state index in [1.807, 2.05) is 0 Å². The maximum Gasteiger partial charge on any atom is 0.338 e. The topological polar surface area (TPSA) is 146 Å². The lowest BCUT2D eigenvalue weighted by molar-refractivity contribution is -0.384. The number of nitro groups is 1. The molecule has 242 valence electrons. The van der Waals surface area contributed by atoms with Crippen LogP contribution in [0.1, 0.15) is 72.1 Å². The third-order valence-corrected chi connectivity index (χ3v) is 7.92. The van der Waals surface area contributed by atoms with Crippen LogP contribution in [0.5, 0.6) is 0 Å². The van der Waals surface area contributed by atoms with Crippen molar-refractivity contribution in [3.8, 4) is 0 Å². The number of nitro benzene ring substituents is 1. The Morgan fingerprint density at radius 2 is 1.23 bits per heavy atom. The molecule has 14 heteroatoms. The second-order valence-electron chi connectivity index (χ2n) is 11.1. The first kappa shape index (κ1) is 34.4. The number of anilines is 3. The summed E-state index contributed by atoms with van der Waals surface area (Å²) in [6, 6.07) is 8.88. The Morgan fingerprint density at radius 1 is 0.818 bits per heavy atom. The summed E-state index contributed by atoms with van der Waals surface area (Å²) < 4.78 is 61.5. The number of ether oxygens (including phenoxy) is 2. The third kappa shape index (κ3) is 9.98. The average molecular weight is 627 g/mol. The Morgan fingerprint density at radius 3 is 1.64 bits per heavy atom. The van der Waals surface area contributed by atoms with Gasteiger partial charge < -0.3 is 25.8 Å². The number of nitrogens with one attached hydrogen (secondary N) is 2. The number of rotatable bonds is 9. The number of hydrogen-bond donors (Lipinski definition) is 3. The summed E-state index contributed by atoms with van der Waals surface area (Å²) >= 11 is 0. The fraction of sp³-hybridized carbons (Fsp3) is 0.533. The minimum atomic E-state index is -2.59. The monoisotopic (exact) mass is 626 g/mol. The summed E-state index contributed by atoms with van der Waals surface area (Å²) in [4.78, 5) is 33.3. The van der Waals surface area contributed by atoms with Crippen LogP contribution in [0, 0.1) is 22.0 Å². The van der Waals surface area contributed by atoms with Crippen LogP contribution in [0.25, 0.3) is 0 Å². The number of nitrogen functional groups attached to an aromatic ring is 1. The first-order valence-electron chi connectivity index (χ1n) is 14.3. The predicted molar refractivity (Wildman–Crippen MR) is 157 cm³/mol. The van der Waals surface area contributed by atoms with E-state index in [9.17, 15) is 37.3 Å². The molecule has 4 rings (SSSR count). The zero-order valence-electron chi connectivity index (χ0n) is 24.7. The molecule has 0 spiro atoms. The van der Waals surface area contributed by atoms with E-state index in [2.05, 4.69) is 20.1 Å². The number of nitrogens with two attached hydrogens (primary N) is 1. The number of alkyl halides is 4. The van der Waals surface area contributed by atoms with E-state index < -0.39 is 28.7 Å². The zero-order chi connectivity index (χ0) is 32.5. The van der Waals surface area contributed by atoms with Gasteiger partial charge in [-0.05, 0) is 67.9 Å². The predicted octanol–water partition coefficient (Wildman–Crippen LogP) is 6.91. The van der Waals surface area contributed by atoms with Gasteiger partial charge in [-0.2, -0.15) is 0 Å². The summed E-state index contributed by atoms with van der Waals surface area (Å²) in [6.07, 6.45) is 1.40. The minimum absolute atomic E-state index is 0.0455. The Balaban J connectivity index is 0.000000241. The van der Waals surface area contributed by atoms with Crippen LogP contribution < -0.4 is 16.4 Å². The van der Waals surface area contributed by atoms with Gasteiger partial charge in [-0.1, -0.05) is 0 Å². The summed E-state index contributed by atoms with van der Waals surface area (Å²) in [7, 11) is 2.50. The Hall–Kier alpha value is -4.10. The Kier molecular flexibility index (Phi) is 11.8. The molecule has 4 N–H and O–H groups in total. The van der Waals surface area contributed by atoms with Gasteiger partial charge in [0.1, 0.15) is 5.69 Å². The van der Waals surface area contributed by atoms with Gasteiger partial charge in [0.15, 0.2) is 0 Å². The molecular weight excluding hydrogens is 588 g/mol. The van der Waals surface area contributed by atoms with Crippen LogP contribution in [-0.2, 0) is 9.47 Å². The Labute approximate surface area is 252 Å². The van der Waals surface area contributed by atoms with E-state index in [0.717, 1.165) is 6.07 Å². The molecule has 2 saturated carbocycles. The average Bonchev–Trinajstić information content (AvgIpc) is 2.99. The summed E-state index contributed by atoms with van der Waals surface area (Å²) in [6.45, 7) is 0.992. The molecule has 0 radical (unpaired) electrons. The van der Waals surface area contributed by atoms with E-state index >= 15 is 0 Å². The van der Waals surface area contributed by atoms with E-state index in [0.29, 0.717) is 55.7 Å². The molecule has 2 aliphatic rings. The lowest BCUT2D eigenvalue weighted by Gasteiger charge is -2.28. The molecule has 0 bridgehead atoms. The van der Waals surface area contributed by atoms with Crippen molar-refractivity contribution >= 4 is 34.7 Å². The molecule has 2 aliphatic carbocycles. The highest BCUT2D eigenvalue weighted by atomic mass is 19.3. The second kappa shape index (κ2) is 15.1. The first-order chi connectivity index (χ1) is 20.7. The smallest absolute Gasteiger partial charge is 0.338 e. The molecule has 0 aromatic heterocycles. The molecular formula is C30H38F4N4O6. The second-order valence-corrected chi connectivity index (χ2v) is 11.1. The van der Waals surface area contributed by atoms with Gasteiger partial charge in [0.25, 0.3) is 5.69 Å². The van der Waals surface area contributed by atoms with Gasteiger partial charge in [-0.3, -0.25) is 10.1 Å². The standard InChI is InChI=1S/C15H18F2N2O4.C15H20F2N2O2/c1-23-14(20)11-2-3-12(13(8-11)19(21)22)18-9-10-4-6-15(16,17)7-5-10;1-21-14(20)11-2-3-13(12(18)8-11)19-9-10-4-6-15(16,17)7-5-10/h2-3,8,10,18H,4-7,9H2,1H3;2-3,8,10,19H,4-7,9,18H2,1H3. The molecule has 2 aromatic carbocycles. The van der Waals surface area contributed by atoms with E-state index in [1.54, 1.807) is 18.2 Å². The molecule has 0 atom stereocenters. The van der Waals surface area contributed by atoms with Crippen molar-refractivity contribution in [2.45, 2.75) is 63.2 Å². The highest BCUT2D eigenvalue weighted by Gasteiger charge is 2.35. The van der Waals surface area contributed by atoms with E-state index in [-0.39, 0.29) is 54.5 Å². The van der Waals surface area contributed by atoms with Gasteiger partial charge in [0.2, 0.25) is 11.8 Å². The van der Waals surface area contributed by atoms with Crippen molar-refractivity contribution in [3.63, 3.8) is 0 Å². The number of nitrogens with zero attached hydrogens (tertiary/aromatic N) is 1. The molecule has 0 unspecified atom stereocenters. The van der Waals surface area contributed by atoms with Gasteiger partial charge in [-0.15, -0.1) is 0 Å². The lowest BCUT2D eigenvalue weighted by Crippen LogP contribution is -2.28. The van der Waals surface area contributed by atoms with Crippen LogP contribution in [-0.4, -0.2) is 56.0 Å². The Bertz CT molecular complexity index is 1310. The van der Waals surface area contributed by atoms with Gasteiger partial charge in [-0.25, -0.2) is 27.2 Å². The normalized spacial score (nSPS) is 17.9. The molecule has 2 aromatic rings. The van der Waals surface area contributed by atoms with Crippen LogP contribution in [0.3, 0.4) is 0 Å². The zero-order valence-corrected chi connectivity index (χ0v) is 24.7. The van der Waals surface area contributed by atoms with E-state index in [1.165, 1.54) is 26.4 Å². The number of benzene rings is 2. The van der Waals surface area contributed by atoms with Crippen molar-refractivity contribution in [1.29, 1.82) is 0 Å². The van der Waals surface area contributed by atoms with Crippen molar-refractivity contribution < 1.29 is 41.5 Å². The number of esters is 2. The van der Waals surface area contributed by atoms with E-state index in [4.69, 9.17) is 5.73 Å².